The predicted octanol–water partition coefficient (Wildman–Crippen LogP) is 3.30. The van der Waals surface area contributed by atoms with E-state index in [1.165, 1.54) is 18.2 Å². The second-order valence-corrected chi connectivity index (χ2v) is 10.6. The van der Waals surface area contributed by atoms with Crippen molar-refractivity contribution in [2.45, 2.75) is 24.7 Å². The Hall–Kier alpha value is -3.79. The van der Waals surface area contributed by atoms with Crippen LogP contribution in [0.5, 0.6) is 0 Å². The average Bonchev–Trinajstić information content (AvgIpc) is 2.86. The van der Waals surface area contributed by atoms with E-state index in [2.05, 4.69) is 20.6 Å². The number of anilines is 3. The highest BCUT2D eigenvalue weighted by Crippen LogP contribution is 2.24. The third-order valence-electron chi connectivity index (χ3n) is 5.89. The number of rotatable bonds is 6. The Morgan fingerprint density at radius 3 is 2.51 bits per heavy atom. The summed E-state index contributed by atoms with van der Waals surface area (Å²) in [5.41, 5.74) is 2.22. The highest BCUT2D eigenvalue weighted by atomic mass is 32.2. The van der Waals surface area contributed by atoms with Gasteiger partial charge >= 0.3 is 0 Å². The van der Waals surface area contributed by atoms with Gasteiger partial charge in [0.05, 0.1) is 10.8 Å². The molecular formula is C25H27N5O4S. The summed E-state index contributed by atoms with van der Waals surface area (Å²) in [6.45, 7) is 3.19. The van der Waals surface area contributed by atoms with E-state index < -0.39 is 15.7 Å². The first kappa shape index (κ1) is 24.3. The molecule has 0 bridgehead atoms. The molecule has 2 N–H and O–H groups in total. The molecule has 10 heteroatoms. The number of nitrogens with one attached hydrogen (secondary N) is 2. The average molecular weight is 494 g/mol. The summed E-state index contributed by atoms with van der Waals surface area (Å²) in [7, 11) is -3.42. The van der Waals surface area contributed by atoms with Crippen molar-refractivity contribution in [3.8, 4) is 0 Å². The smallest absolute Gasteiger partial charge is 0.255 e. The Morgan fingerprint density at radius 2 is 1.80 bits per heavy atom. The van der Waals surface area contributed by atoms with Gasteiger partial charge in [0.25, 0.3) is 5.91 Å². The van der Waals surface area contributed by atoms with E-state index in [-0.39, 0.29) is 22.3 Å². The van der Waals surface area contributed by atoms with Gasteiger partial charge in [-0.1, -0.05) is 6.07 Å². The molecule has 2 amide bonds. The molecular weight excluding hydrogens is 466 g/mol. The van der Waals surface area contributed by atoms with Gasteiger partial charge < -0.3 is 15.5 Å². The van der Waals surface area contributed by atoms with Crippen LogP contribution in [0.3, 0.4) is 0 Å². The second-order valence-electron chi connectivity index (χ2n) is 8.61. The van der Waals surface area contributed by atoms with Crippen LogP contribution in [0.4, 0.5) is 17.3 Å². The van der Waals surface area contributed by atoms with E-state index in [1.807, 2.05) is 11.8 Å². The number of carbonyl (C=O) groups is 2. The monoisotopic (exact) mass is 493 g/mol. The van der Waals surface area contributed by atoms with E-state index in [9.17, 15) is 18.0 Å². The van der Waals surface area contributed by atoms with Crippen LogP contribution in [-0.4, -0.2) is 49.5 Å². The first-order chi connectivity index (χ1) is 16.7. The van der Waals surface area contributed by atoms with E-state index in [4.69, 9.17) is 0 Å². The molecule has 182 valence electrons. The number of aromatic nitrogens is 2. The second kappa shape index (κ2) is 10.2. The summed E-state index contributed by atoms with van der Waals surface area (Å²) in [6, 6.07) is 12.9. The van der Waals surface area contributed by atoms with Crippen LogP contribution in [0.25, 0.3) is 0 Å². The number of hydrogen-bond acceptors (Lipinski definition) is 7. The number of benzene rings is 2. The maximum absolute atomic E-state index is 12.9. The molecule has 1 aliphatic rings. The highest BCUT2D eigenvalue weighted by Gasteiger charge is 2.27. The minimum Gasteiger partial charge on any atom is -0.340 e. The predicted molar refractivity (Wildman–Crippen MR) is 134 cm³/mol. The fourth-order valence-corrected chi connectivity index (χ4v) is 4.68. The first-order valence-electron chi connectivity index (χ1n) is 11.3. The van der Waals surface area contributed by atoms with Gasteiger partial charge in [0.2, 0.25) is 11.9 Å². The van der Waals surface area contributed by atoms with Gasteiger partial charge in [-0.05, 0) is 67.8 Å². The summed E-state index contributed by atoms with van der Waals surface area (Å²) >= 11 is 0. The minimum atomic E-state index is -3.42. The Labute approximate surface area is 204 Å². The number of aryl methyl sites for hydroxylation is 1. The van der Waals surface area contributed by atoms with Crippen molar-refractivity contribution >= 4 is 39.0 Å². The molecule has 3 aromatic rings. The van der Waals surface area contributed by atoms with Crippen molar-refractivity contribution in [2.24, 2.45) is 5.92 Å². The Bertz CT molecular complexity index is 1340. The quantitative estimate of drug-likeness (QED) is 0.540. The summed E-state index contributed by atoms with van der Waals surface area (Å²) in [6.07, 6.45) is 6.15. The fourth-order valence-electron chi connectivity index (χ4n) is 4.02. The summed E-state index contributed by atoms with van der Waals surface area (Å²) < 4.78 is 23.6. The molecule has 0 spiro atoms. The van der Waals surface area contributed by atoms with Crippen LogP contribution in [0.1, 0.15) is 28.8 Å². The summed E-state index contributed by atoms with van der Waals surface area (Å²) in [4.78, 5) is 36.3. The van der Waals surface area contributed by atoms with Crippen LogP contribution in [-0.2, 0) is 14.6 Å². The van der Waals surface area contributed by atoms with E-state index >= 15 is 0 Å². The molecule has 35 heavy (non-hydrogen) atoms. The Balaban J connectivity index is 1.40. The van der Waals surface area contributed by atoms with Gasteiger partial charge in [-0.15, -0.1) is 0 Å². The number of carbonyl (C=O) groups excluding carboxylic acids is 2. The lowest BCUT2D eigenvalue weighted by molar-refractivity contribution is -0.120. The lowest BCUT2D eigenvalue weighted by Gasteiger charge is -2.31. The number of hydrogen-bond donors (Lipinski definition) is 2. The largest absolute Gasteiger partial charge is 0.340 e. The molecule has 1 atom stereocenters. The molecule has 1 fully saturated rings. The van der Waals surface area contributed by atoms with Gasteiger partial charge in [-0.25, -0.2) is 18.4 Å². The molecule has 0 saturated carbocycles. The number of amides is 2. The lowest BCUT2D eigenvalue weighted by atomic mass is 9.97. The number of piperidine rings is 1. The van der Waals surface area contributed by atoms with E-state index in [0.717, 1.165) is 31.2 Å². The Kier molecular flexibility index (Phi) is 7.11. The zero-order chi connectivity index (χ0) is 25.0. The third-order valence-corrected chi connectivity index (χ3v) is 7.00. The maximum Gasteiger partial charge on any atom is 0.255 e. The number of nitrogens with zero attached hydrogens (tertiary/aromatic N) is 3. The van der Waals surface area contributed by atoms with Gasteiger partial charge in [-0.2, -0.15) is 0 Å². The van der Waals surface area contributed by atoms with Crippen molar-refractivity contribution < 1.29 is 18.0 Å². The summed E-state index contributed by atoms with van der Waals surface area (Å²) in [5.74, 6) is -0.0439. The van der Waals surface area contributed by atoms with E-state index in [0.29, 0.717) is 23.9 Å². The maximum atomic E-state index is 12.9. The topological polar surface area (TPSA) is 121 Å². The minimum absolute atomic E-state index is 0.0700. The molecule has 0 aliphatic carbocycles. The molecule has 1 aliphatic heterocycles. The highest BCUT2D eigenvalue weighted by molar-refractivity contribution is 7.90. The van der Waals surface area contributed by atoms with Crippen LogP contribution in [0.15, 0.2) is 65.8 Å². The van der Waals surface area contributed by atoms with Crippen LogP contribution >= 0.6 is 0 Å². The van der Waals surface area contributed by atoms with Crippen LogP contribution < -0.4 is 15.5 Å². The molecule has 9 nitrogen and oxygen atoms in total. The molecule has 2 heterocycles. The van der Waals surface area contributed by atoms with Gasteiger partial charge in [0.15, 0.2) is 9.84 Å². The molecule has 2 aromatic carbocycles. The SMILES string of the molecule is Cc1cc(NC(=O)C2CCCN(c3ncccn3)C2)ccc1NC(=O)c1cccc(S(C)(=O)=O)c1. The van der Waals surface area contributed by atoms with Crippen molar-refractivity contribution in [3.05, 3.63) is 72.1 Å². The Morgan fingerprint density at radius 1 is 1.03 bits per heavy atom. The zero-order valence-corrected chi connectivity index (χ0v) is 20.4. The van der Waals surface area contributed by atoms with Gasteiger partial charge in [-0.3, -0.25) is 9.59 Å². The molecule has 4 rings (SSSR count). The molecule has 0 radical (unpaired) electrons. The third kappa shape index (κ3) is 6.02. The van der Waals surface area contributed by atoms with Crippen LogP contribution in [0.2, 0.25) is 0 Å². The van der Waals surface area contributed by atoms with Crippen molar-refractivity contribution in [2.75, 3.05) is 34.9 Å². The summed E-state index contributed by atoms with van der Waals surface area (Å²) in [5, 5.41) is 5.78. The first-order valence-corrected chi connectivity index (χ1v) is 13.1. The standard InChI is InChI=1S/C25H27N5O4S/c1-17-14-20(28-24(32)19-7-4-13-30(16-19)25-26-11-5-12-27-25)9-10-22(17)29-23(31)18-6-3-8-21(15-18)35(2,33)34/h3,5-6,8-12,14-15,19H,4,7,13,16H2,1-2H3,(H,28,32)(H,29,31). The normalized spacial score (nSPS) is 15.9. The van der Waals surface area contributed by atoms with Gasteiger partial charge in [0, 0.05) is 48.7 Å². The molecule has 1 aromatic heterocycles. The molecule has 1 unspecified atom stereocenters. The zero-order valence-electron chi connectivity index (χ0n) is 19.6. The van der Waals surface area contributed by atoms with Crippen molar-refractivity contribution in [1.82, 2.24) is 9.97 Å². The van der Waals surface area contributed by atoms with E-state index in [1.54, 1.807) is 42.7 Å². The van der Waals surface area contributed by atoms with Gasteiger partial charge in [0.1, 0.15) is 0 Å². The molecule has 1 saturated heterocycles. The fraction of sp³-hybridized carbons (Fsp3) is 0.280. The van der Waals surface area contributed by atoms with Crippen LogP contribution in [0, 0.1) is 12.8 Å². The lowest BCUT2D eigenvalue weighted by Crippen LogP contribution is -2.41. The van der Waals surface area contributed by atoms with Crippen molar-refractivity contribution in [3.63, 3.8) is 0 Å². The number of sulfone groups is 1. The van der Waals surface area contributed by atoms with Crippen molar-refractivity contribution in [1.29, 1.82) is 0 Å².